The molecule has 1 fully saturated rings. The number of nitrogens with one attached hydrogen (secondary N) is 1. The number of hydrogen-bond donors (Lipinski definition) is 1. The van der Waals surface area contributed by atoms with Crippen LogP contribution in [0.1, 0.15) is 45.7 Å². The van der Waals surface area contributed by atoms with E-state index in [2.05, 4.69) is 10.4 Å². The highest BCUT2D eigenvalue weighted by atomic mass is 35.5. The Labute approximate surface area is 168 Å². The molecular formula is C21H23ClN4O2. The van der Waals surface area contributed by atoms with Gasteiger partial charge in [-0.05, 0) is 49.9 Å². The van der Waals surface area contributed by atoms with Crippen molar-refractivity contribution in [3.05, 3.63) is 63.6 Å². The van der Waals surface area contributed by atoms with Crippen molar-refractivity contribution >= 4 is 23.2 Å². The van der Waals surface area contributed by atoms with Gasteiger partial charge in [-0.25, -0.2) is 9.50 Å². The van der Waals surface area contributed by atoms with Crippen LogP contribution in [-0.4, -0.2) is 39.8 Å². The van der Waals surface area contributed by atoms with E-state index in [1.54, 1.807) is 10.7 Å². The van der Waals surface area contributed by atoms with E-state index >= 15 is 0 Å². The second-order valence-electron chi connectivity index (χ2n) is 7.21. The van der Waals surface area contributed by atoms with Gasteiger partial charge in [0, 0.05) is 36.0 Å². The number of ether oxygens (including phenoxy) is 1. The minimum absolute atomic E-state index is 0.103. The third kappa shape index (κ3) is 3.75. The van der Waals surface area contributed by atoms with E-state index in [0.717, 1.165) is 42.0 Å². The summed E-state index contributed by atoms with van der Waals surface area (Å²) in [5.41, 5.74) is 5.12. The Bertz CT molecular complexity index is 1020. The topological polar surface area (TPSA) is 68.5 Å². The molecule has 0 radical (unpaired) electrons. The second kappa shape index (κ2) is 7.89. The van der Waals surface area contributed by atoms with Crippen molar-refractivity contribution in [1.29, 1.82) is 0 Å². The first-order chi connectivity index (χ1) is 13.5. The first-order valence-electron chi connectivity index (χ1n) is 9.51. The van der Waals surface area contributed by atoms with Gasteiger partial charge < -0.3 is 10.1 Å². The van der Waals surface area contributed by atoms with Gasteiger partial charge in [0.2, 0.25) is 0 Å². The summed E-state index contributed by atoms with van der Waals surface area (Å²) in [5.74, 6) is -0.167. The number of rotatable bonds is 5. The van der Waals surface area contributed by atoms with E-state index < -0.39 is 0 Å². The largest absolute Gasteiger partial charge is 0.376 e. The van der Waals surface area contributed by atoms with Gasteiger partial charge in [-0.1, -0.05) is 23.7 Å². The van der Waals surface area contributed by atoms with Crippen LogP contribution in [-0.2, 0) is 11.2 Å². The molecule has 146 valence electrons. The molecule has 1 aromatic carbocycles. The Morgan fingerprint density at radius 2 is 2.25 bits per heavy atom. The quantitative estimate of drug-likeness (QED) is 0.714. The van der Waals surface area contributed by atoms with Crippen LogP contribution in [0.4, 0.5) is 0 Å². The Morgan fingerprint density at radius 1 is 1.39 bits per heavy atom. The maximum Gasteiger partial charge on any atom is 0.256 e. The highest BCUT2D eigenvalue weighted by molar-refractivity contribution is 6.30. The zero-order chi connectivity index (χ0) is 19.7. The summed E-state index contributed by atoms with van der Waals surface area (Å²) in [6, 6.07) is 7.81. The highest BCUT2D eigenvalue weighted by Gasteiger charge is 2.21. The van der Waals surface area contributed by atoms with Crippen LogP contribution in [0.2, 0.25) is 5.02 Å². The van der Waals surface area contributed by atoms with Crippen molar-refractivity contribution in [2.24, 2.45) is 0 Å². The third-order valence-electron chi connectivity index (χ3n) is 5.24. The molecule has 7 heteroatoms. The maximum atomic E-state index is 12.6. The molecule has 2 aromatic heterocycles. The summed E-state index contributed by atoms with van der Waals surface area (Å²) in [7, 11) is 0. The van der Waals surface area contributed by atoms with Gasteiger partial charge in [-0.15, -0.1) is 0 Å². The number of aryl methyl sites for hydroxylation is 2. The fourth-order valence-electron chi connectivity index (χ4n) is 3.69. The fraction of sp³-hybridized carbons (Fsp3) is 0.381. The van der Waals surface area contributed by atoms with Crippen molar-refractivity contribution in [3.8, 4) is 0 Å². The summed E-state index contributed by atoms with van der Waals surface area (Å²) in [6.07, 6.45) is 4.43. The molecule has 0 aliphatic carbocycles. The Balaban J connectivity index is 1.60. The number of fused-ring (bicyclic) bond motifs is 1. The lowest BCUT2D eigenvalue weighted by atomic mass is 10.0. The SMILES string of the molecule is Cc1nc2c(C(=O)NCC3CCCO3)cnn2c(C)c1Cc1cccc(Cl)c1. The first-order valence-corrected chi connectivity index (χ1v) is 9.89. The van der Waals surface area contributed by atoms with Crippen LogP contribution in [0.15, 0.2) is 30.5 Å². The van der Waals surface area contributed by atoms with Crippen molar-refractivity contribution in [1.82, 2.24) is 19.9 Å². The van der Waals surface area contributed by atoms with Crippen LogP contribution in [0.3, 0.4) is 0 Å². The molecule has 0 spiro atoms. The van der Waals surface area contributed by atoms with E-state index in [-0.39, 0.29) is 12.0 Å². The minimum Gasteiger partial charge on any atom is -0.376 e. The van der Waals surface area contributed by atoms with Crippen LogP contribution >= 0.6 is 11.6 Å². The summed E-state index contributed by atoms with van der Waals surface area (Å²) in [4.78, 5) is 17.3. The molecule has 1 aliphatic heterocycles. The monoisotopic (exact) mass is 398 g/mol. The van der Waals surface area contributed by atoms with Gasteiger partial charge in [0.05, 0.1) is 12.3 Å². The lowest BCUT2D eigenvalue weighted by Gasteiger charge is -2.13. The molecule has 1 N–H and O–H groups in total. The third-order valence-corrected chi connectivity index (χ3v) is 5.47. The standard InChI is InChI=1S/C21H23ClN4O2/c1-13-18(10-15-5-3-6-16(22)9-15)14(2)26-20(25-13)19(12-24-26)21(27)23-11-17-7-4-8-28-17/h3,5-6,9,12,17H,4,7-8,10-11H2,1-2H3,(H,23,27). The average molecular weight is 399 g/mol. The summed E-state index contributed by atoms with van der Waals surface area (Å²) >= 11 is 6.11. The summed E-state index contributed by atoms with van der Waals surface area (Å²) < 4.78 is 7.31. The molecule has 1 unspecified atom stereocenters. The lowest BCUT2D eigenvalue weighted by molar-refractivity contribution is 0.0859. The molecule has 0 saturated carbocycles. The number of carbonyl (C=O) groups is 1. The van der Waals surface area contributed by atoms with Crippen molar-refractivity contribution in [2.75, 3.05) is 13.2 Å². The van der Waals surface area contributed by atoms with Gasteiger partial charge in [-0.2, -0.15) is 5.10 Å². The fourth-order valence-corrected chi connectivity index (χ4v) is 3.90. The minimum atomic E-state index is -0.167. The molecule has 3 heterocycles. The molecule has 0 bridgehead atoms. The van der Waals surface area contributed by atoms with Gasteiger partial charge in [-0.3, -0.25) is 4.79 Å². The number of aromatic nitrogens is 3. The summed E-state index contributed by atoms with van der Waals surface area (Å²) in [6.45, 7) is 5.25. The summed E-state index contributed by atoms with van der Waals surface area (Å²) in [5, 5.41) is 8.08. The van der Waals surface area contributed by atoms with E-state index in [1.165, 1.54) is 0 Å². The number of halogens is 1. The maximum absolute atomic E-state index is 12.6. The van der Waals surface area contributed by atoms with Crippen LogP contribution in [0.5, 0.6) is 0 Å². The molecule has 4 rings (SSSR count). The van der Waals surface area contributed by atoms with Crippen LogP contribution < -0.4 is 5.32 Å². The molecule has 3 aromatic rings. The van der Waals surface area contributed by atoms with Crippen molar-refractivity contribution in [2.45, 2.75) is 39.2 Å². The van der Waals surface area contributed by atoms with Crippen molar-refractivity contribution < 1.29 is 9.53 Å². The highest BCUT2D eigenvalue weighted by Crippen LogP contribution is 2.22. The van der Waals surface area contributed by atoms with Gasteiger partial charge in [0.1, 0.15) is 5.56 Å². The smallest absolute Gasteiger partial charge is 0.256 e. The molecule has 28 heavy (non-hydrogen) atoms. The normalized spacial score (nSPS) is 16.6. The second-order valence-corrected chi connectivity index (χ2v) is 7.64. The molecule has 1 amide bonds. The lowest BCUT2D eigenvalue weighted by Crippen LogP contribution is -2.31. The van der Waals surface area contributed by atoms with Crippen LogP contribution in [0.25, 0.3) is 5.65 Å². The number of nitrogens with zero attached hydrogens (tertiary/aromatic N) is 3. The van der Waals surface area contributed by atoms with Gasteiger partial charge in [0.25, 0.3) is 5.91 Å². The van der Waals surface area contributed by atoms with Gasteiger partial charge >= 0.3 is 0 Å². The Morgan fingerprint density at radius 3 is 3.00 bits per heavy atom. The van der Waals surface area contributed by atoms with E-state index in [0.29, 0.717) is 29.2 Å². The first kappa shape index (κ1) is 18.9. The Hall–Kier alpha value is -2.44. The predicted octanol–water partition coefficient (Wildman–Crippen LogP) is 3.50. The molecule has 1 saturated heterocycles. The average Bonchev–Trinajstić information content (AvgIpc) is 3.33. The van der Waals surface area contributed by atoms with E-state index in [4.69, 9.17) is 21.3 Å². The molecule has 1 atom stereocenters. The number of carbonyl (C=O) groups excluding carboxylic acids is 1. The van der Waals surface area contributed by atoms with Gasteiger partial charge in [0.15, 0.2) is 5.65 Å². The van der Waals surface area contributed by atoms with Crippen molar-refractivity contribution in [3.63, 3.8) is 0 Å². The molecule has 1 aliphatic rings. The number of hydrogen-bond acceptors (Lipinski definition) is 4. The van der Waals surface area contributed by atoms with E-state index in [1.807, 2.05) is 38.1 Å². The zero-order valence-electron chi connectivity index (χ0n) is 16.0. The predicted molar refractivity (Wildman–Crippen MR) is 108 cm³/mol. The number of benzene rings is 1. The Kier molecular flexibility index (Phi) is 5.33. The molecular weight excluding hydrogens is 376 g/mol. The molecule has 6 nitrogen and oxygen atoms in total. The van der Waals surface area contributed by atoms with Crippen LogP contribution in [0, 0.1) is 13.8 Å². The van der Waals surface area contributed by atoms with E-state index in [9.17, 15) is 4.79 Å². The zero-order valence-corrected chi connectivity index (χ0v) is 16.8. The number of amides is 1.